The van der Waals surface area contributed by atoms with Crippen molar-refractivity contribution >= 4 is 29.6 Å². The minimum atomic E-state index is -1.08. The molecule has 0 aliphatic carbocycles. The predicted octanol–water partition coefficient (Wildman–Crippen LogP) is -0.352. The van der Waals surface area contributed by atoms with E-state index in [0.29, 0.717) is 30.9 Å². The van der Waals surface area contributed by atoms with Crippen molar-refractivity contribution in [2.75, 3.05) is 13.1 Å². The van der Waals surface area contributed by atoms with Gasteiger partial charge in [0.2, 0.25) is 17.7 Å². The Labute approximate surface area is 274 Å². The Bertz CT molecular complexity index is 1500. The van der Waals surface area contributed by atoms with E-state index in [9.17, 15) is 14.4 Å². The van der Waals surface area contributed by atoms with E-state index in [0.717, 1.165) is 16.7 Å². The van der Waals surface area contributed by atoms with Gasteiger partial charge in [-0.2, -0.15) is 0 Å². The standard InChI is InChI=1S/C32H46N12O3/c1-20-11-13-22(14-12-20)27-40-19-23(42-27)17-26(44-28(45)24(33)9-5-15-38-31(34)35)30(47)43-25(10-6-16-39-32(36)37)29(46)41-18-21-7-3-2-4-8-21/h2-4,7-8,11-14,19,24-26H,5-6,9-10,15-18,33H2,1H3,(H,40,42)(H,41,46)(H,43,47)(H,44,45)(H4,34,35,38)(H4,36,37,39)/t24-,25-,26-/m0/s1. The van der Waals surface area contributed by atoms with E-state index >= 15 is 0 Å². The number of benzene rings is 2. The fraction of sp³-hybridized carbons (Fsp3) is 0.375. The van der Waals surface area contributed by atoms with Crippen molar-refractivity contribution in [3.8, 4) is 11.4 Å². The number of H-pyrrole nitrogens is 1. The van der Waals surface area contributed by atoms with Crippen LogP contribution in [0.1, 0.15) is 42.5 Å². The van der Waals surface area contributed by atoms with Gasteiger partial charge in [-0.05, 0) is 38.2 Å². The van der Waals surface area contributed by atoms with Crippen molar-refractivity contribution in [3.05, 3.63) is 77.6 Å². The number of rotatable bonds is 18. The molecule has 14 N–H and O–H groups in total. The maximum atomic E-state index is 13.8. The molecule has 2 aromatic carbocycles. The molecule has 47 heavy (non-hydrogen) atoms. The molecular formula is C32H46N12O3. The molecule has 0 aliphatic heterocycles. The summed E-state index contributed by atoms with van der Waals surface area (Å²) < 4.78 is 0. The number of aliphatic imine (C=N–C) groups is 2. The Morgan fingerprint density at radius 3 is 2.06 bits per heavy atom. The molecule has 3 rings (SSSR count). The van der Waals surface area contributed by atoms with Gasteiger partial charge >= 0.3 is 0 Å². The summed E-state index contributed by atoms with van der Waals surface area (Å²) in [4.78, 5) is 55.8. The molecular weight excluding hydrogens is 600 g/mol. The van der Waals surface area contributed by atoms with Gasteiger partial charge in [0, 0.05) is 43.5 Å². The number of guanidine groups is 2. The van der Waals surface area contributed by atoms with Crippen molar-refractivity contribution < 1.29 is 14.4 Å². The Balaban J connectivity index is 1.78. The van der Waals surface area contributed by atoms with Crippen LogP contribution in [0.4, 0.5) is 0 Å². The van der Waals surface area contributed by atoms with Gasteiger partial charge in [0.25, 0.3) is 0 Å². The molecule has 0 spiro atoms. The van der Waals surface area contributed by atoms with Crippen LogP contribution in [0, 0.1) is 6.92 Å². The van der Waals surface area contributed by atoms with Crippen molar-refractivity contribution in [1.29, 1.82) is 0 Å². The Hall–Kier alpha value is -5.44. The summed E-state index contributed by atoms with van der Waals surface area (Å²) in [5.74, 6) is -1.01. The van der Waals surface area contributed by atoms with Crippen LogP contribution in [-0.4, -0.2) is 70.8 Å². The highest BCUT2D eigenvalue weighted by Gasteiger charge is 2.29. The second-order valence-corrected chi connectivity index (χ2v) is 11.2. The van der Waals surface area contributed by atoms with Crippen LogP contribution in [0.15, 0.2) is 70.8 Å². The largest absolute Gasteiger partial charge is 0.370 e. The highest BCUT2D eigenvalue weighted by atomic mass is 16.2. The average Bonchev–Trinajstić information content (AvgIpc) is 3.51. The SMILES string of the molecule is Cc1ccc(-c2ncc(C[C@H](NC(=O)[C@@H](N)CCCN=C(N)N)C(=O)N[C@@H](CCCN=C(N)N)C(=O)NCc3ccccc3)[nH]2)cc1. The van der Waals surface area contributed by atoms with Crippen LogP contribution in [0.2, 0.25) is 0 Å². The number of aryl methyl sites for hydroxylation is 1. The van der Waals surface area contributed by atoms with Crippen LogP contribution in [0.5, 0.6) is 0 Å². The molecule has 0 unspecified atom stereocenters. The van der Waals surface area contributed by atoms with Gasteiger partial charge in [-0.1, -0.05) is 60.2 Å². The lowest BCUT2D eigenvalue weighted by atomic mass is 10.1. The van der Waals surface area contributed by atoms with E-state index in [4.69, 9.17) is 28.7 Å². The number of nitrogens with zero attached hydrogens (tertiary/aromatic N) is 3. The van der Waals surface area contributed by atoms with E-state index in [1.54, 1.807) is 6.20 Å². The quantitative estimate of drug-likeness (QED) is 0.0495. The molecule has 3 aromatic rings. The number of carbonyl (C=O) groups excluding carboxylic acids is 3. The molecule has 0 bridgehead atoms. The summed E-state index contributed by atoms with van der Waals surface area (Å²) in [6.45, 7) is 2.84. The zero-order valence-electron chi connectivity index (χ0n) is 26.6. The summed E-state index contributed by atoms with van der Waals surface area (Å²) in [6, 6.07) is 14.3. The van der Waals surface area contributed by atoms with E-state index in [1.165, 1.54) is 0 Å². The van der Waals surface area contributed by atoms with E-state index in [2.05, 4.69) is 35.9 Å². The number of amides is 3. The highest BCUT2D eigenvalue weighted by Crippen LogP contribution is 2.17. The summed E-state index contributed by atoms with van der Waals surface area (Å²) >= 11 is 0. The maximum absolute atomic E-state index is 13.8. The molecule has 1 aromatic heterocycles. The number of carbonyl (C=O) groups is 3. The summed E-state index contributed by atoms with van der Waals surface area (Å²) in [6.07, 6.45) is 3.08. The zero-order valence-corrected chi connectivity index (χ0v) is 26.6. The molecule has 0 saturated carbocycles. The number of hydrogen-bond donors (Lipinski definition) is 9. The van der Waals surface area contributed by atoms with Crippen LogP contribution < -0.4 is 44.6 Å². The topological polar surface area (TPSA) is 271 Å². The fourth-order valence-corrected chi connectivity index (χ4v) is 4.63. The highest BCUT2D eigenvalue weighted by molar-refractivity contribution is 5.93. The van der Waals surface area contributed by atoms with E-state index < -0.39 is 35.8 Å². The number of hydrogen-bond acceptors (Lipinski definition) is 7. The molecule has 252 valence electrons. The third-order valence-corrected chi connectivity index (χ3v) is 7.20. The number of aromatic amines is 1. The van der Waals surface area contributed by atoms with Gasteiger partial charge in [0.15, 0.2) is 11.9 Å². The van der Waals surface area contributed by atoms with Gasteiger partial charge in [-0.25, -0.2) is 4.98 Å². The predicted molar refractivity (Wildman–Crippen MR) is 182 cm³/mol. The third kappa shape index (κ3) is 12.8. The van der Waals surface area contributed by atoms with Crippen molar-refractivity contribution in [2.45, 2.75) is 63.7 Å². The van der Waals surface area contributed by atoms with Gasteiger partial charge in [-0.15, -0.1) is 0 Å². The third-order valence-electron chi connectivity index (χ3n) is 7.20. The molecule has 0 fully saturated rings. The first-order valence-electron chi connectivity index (χ1n) is 15.4. The van der Waals surface area contributed by atoms with E-state index in [-0.39, 0.29) is 44.3 Å². The smallest absolute Gasteiger partial charge is 0.243 e. The molecule has 1 heterocycles. The molecule has 3 amide bonds. The van der Waals surface area contributed by atoms with E-state index in [1.807, 2.05) is 61.5 Å². The van der Waals surface area contributed by atoms with Gasteiger partial charge in [0.1, 0.15) is 17.9 Å². The lowest BCUT2D eigenvalue weighted by Gasteiger charge is -2.24. The van der Waals surface area contributed by atoms with Crippen LogP contribution in [0.25, 0.3) is 11.4 Å². The number of nitrogens with two attached hydrogens (primary N) is 5. The van der Waals surface area contributed by atoms with Crippen molar-refractivity contribution in [1.82, 2.24) is 25.9 Å². The normalized spacial score (nSPS) is 12.6. The van der Waals surface area contributed by atoms with Crippen LogP contribution in [-0.2, 0) is 27.3 Å². The summed E-state index contributed by atoms with van der Waals surface area (Å²) in [5.41, 5.74) is 31.2. The second kappa shape index (κ2) is 18.5. The Morgan fingerprint density at radius 1 is 0.809 bits per heavy atom. The van der Waals surface area contributed by atoms with Crippen LogP contribution in [0.3, 0.4) is 0 Å². The Kier molecular flexibility index (Phi) is 14.2. The van der Waals surface area contributed by atoms with Gasteiger partial charge in [0.05, 0.1) is 6.04 Å². The van der Waals surface area contributed by atoms with Crippen molar-refractivity contribution in [2.24, 2.45) is 38.7 Å². The molecule has 15 heteroatoms. The van der Waals surface area contributed by atoms with Crippen molar-refractivity contribution in [3.63, 3.8) is 0 Å². The minimum Gasteiger partial charge on any atom is -0.370 e. The first-order chi connectivity index (χ1) is 22.5. The molecule has 0 radical (unpaired) electrons. The number of aromatic nitrogens is 2. The zero-order chi connectivity index (χ0) is 34.2. The summed E-state index contributed by atoms with van der Waals surface area (Å²) in [7, 11) is 0. The fourth-order valence-electron chi connectivity index (χ4n) is 4.63. The molecule has 0 saturated heterocycles. The molecule has 15 nitrogen and oxygen atoms in total. The first-order valence-corrected chi connectivity index (χ1v) is 15.4. The van der Waals surface area contributed by atoms with Gasteiger partial charge < -0.3 is 49.6 Å². The maximum Gasteiger partial charge on any atom is 0.243 e. The monoisotopic (exact) mass is 646 g/mol. The second-order valence-electron chi connectivity index (χ2n) is 11.2. The van der Waals surface area contributed by atoms with Crippen LogP contribution >= 0.6 is 0 Å². The number of nitrogens with one attached hydrogen (secondary N) is 4. The molecule has 0 aliphatic rings. The van der Waals surface area contributed by atoms with Gasteiger partial charge in [-0.3, -0.25) is 24.4 Å². The first kappa shape index (κ1) is 36.0. The lowest BCUT2D eigenvalue weighted by Crippen LogP contribution is -2.56. The molecule has 3 atom stereocenters. The minimum absolute atomic E-state index is 0.0509. The summed E-state index contributed by atoms with van der Waals surface area (Å²) in [5, 5.41) is 8.45. The lowest BCUT2D eigenvalue weighted by molar-refractivity contribution is -0.132. The number of imidazole rings is 1. The Morgan fingerprint density at radius 2 is 1.43 bits per heavy atom. The average molecular weight is 647 g/mol.